The highest BCUT2D eigenvalue weighted by Crippen LogP contribution is 2.33. The highest BCUT2D eigenvalue weighted by atomic mass is 16.5. The number of nitrogens with one attached hydrogen (secondary N) is 3. The lowest BCUT2D eigenvalue weighted by Crippen LogP contribution is -2.46. The molecule has 1 atom stereocenters. The SMILES string of the molecule is COc1ccc(NC(=O)C2=C(C)NC(=O)N[C@@H]2c2ccccc2OC)cc1. The van der Waals surface area contributed by atoms with Gasteiger partial charge in [0.05, 0.1) is 25.8 Å². The molecule has 0 bridgehead atoms. The van der Waals surface area contributed by atoms with Crippen LogP contribution in [0.25, 0.3) is 0 Å². The Labute approximate surface area is 157 Å². The zero-order chi connectivity index (χ0) is 19.4. The molecule has 0 aliphatic carbocycles. The summed E-state index contributed by atoms with van der Waals surface area (Å²) in [6.07, 6.45) is 0. The number of methoxy groups -OCH3 is 2. The molecule has 1 heterocycles. The van der Waals surface area contributed by atoms with Crippen molar-refractivity contribution in [2.24, 2.45) is 0 Å². The van der Waals surface area contributed by atoms with E-state index in [1.807, 2.05) is 18.2 Å². The van der Waals surface area contributed by atoms with Crippen molar-refractivity contribution in [1.82, 2.24) is 10.6 Å². The van der Waals surface area contributed by atoms with Gasteiger partial charge in [-0.3, -0.25) is 4.79 Å². The second-order valence-corrected chi connectivity index (χ2v) is 5.99. The Balaban J connectivity index is 1.94. The number of amides is 3. The van der Waals surface area contributed by atoms with Gasteiger partial charge in [-0.25, -0.2) is 4.79 Å². The van der Waals surface area contributed by atoms with Crippen LogP contribution in [0.15, 0.2) is 59.8 Å². The monoisotopic (exact) mass is 367 g/mol. The predicted octanol–water partition coefficient (Wildman–Crippen LogP) is 2.97. The summed E-state index contributed by atoms with van der Waals surface area (Å²) in [6.45, 7) is 1.70. The summed E-state index contributed by atoms with van der Waals surface area (Å²) in [7, 11) is 3.13. The van der Waals surface area contributed by atoms with Crippen molar-refractivity contribution in [2.45, 2.75) is 13.0 Å². The summed E-state index contributed by atoms with van der Waals surface area (Å²) in [5.41, 5.74) is 2.22. The lowest BCUT2D eigenvalue weighted by atomic mass is 9.94. The minimum absolute atomic E-state index is 0.318. The van der Waals surface area contributed by atoms with Gasteiger partial charge in [0.2, 0.25) is 0 Å². The topological polar surface area (TPSA) is 88.7 Å². The van der Waals surface area contributed by atoms with Crippen molar-refractivity contribution >= 4 is 17.6 Å². The maximum atomic E-state index is 13.0. The van der Waals surface area contributed by atoms with Gasteiger partial charge in [-0.05, 0) is 37.3 Å². The van der Waals surface area contributed by atoms with E-state index in [1.54, 1.807) is 51.5 Å². The Morgan fingerprint density at radius 1 is 1.04 bits per heavy atom. The fourth-order valence-corrected chi connectivity index (χ4v) is 3.01. The third kappa shape index (κ3) is 3.87. The van der Waals surface area contributed by atoms with Crippen molar-refractivity contribution in [3.63, 3.8) is 0 Å². The molecule has 2 aromatic carbocycles. The van der Waals surface area contributed by atoms with Crippen LogP contribution in [0.1, 0.15) is 18.5 Å². The molecule has 3 amide bonds. The van der Waals surface area contributed by atoms with E-state index < -0.39 is 6.04 Å². The van der Waals surface area contributed by atoms with Gasteiger partial charge >= 0.3 is 6.03 Å². The summed E-state index contributed by atoms with van der Waals surface area (Å²) in [5.74, 6) is 0.968. The third-order valence-corrected chi connectivity index (χ3v) is 4.31. The summed E-state index contributed by atoms with van der Waals surface area (Å²) in [6, 6.07) is 13.3. The second-order valence-electron chi connectivity index (χ2n) is 5.99. The van der Waals surface area contributed by atoms with Crippen LogP contribution in [-0.2, 0) is 4.79 Å². The minimum Gasteiger partial charge on any atom is -0.497 e. The van der Waals surface area contributed by atoms with E-state index in [-0.39, 0.29) is 11.9 Å². The Morgan fingerprint density at radius 3 is 2.41 bits per heavy atom. The van der Waals surface area contributed by atoms with Gasteiger partial charge in [0.25, 0.3) is 5.91 Å². The minimum atomic E-state index is -0.631. The van der Waals surface area contributed by atoms with Crippen LogP contribution >= 0.6 is 0 Å². The average molecular weight is 367 g/mol. The number of rotatable bonds is 5. The summed E-state index contributed by atoms with van der Waals surface area (Å²) >= 11 is 0. The first-order valence-corrected chi connectivity index (χ1v) is 8.40. The first kappa shape index (κ1) is 18.3. The molecule has 0 saturated carbocycles. The largest absolute Gasteiger partial charge is 0.497 e. The van der Waals surface area contributed by atoms with Crippen molar-refractivity contribution < 1.29 is 19.1 Å². The Bertz CT molecular complexity index is 890. The molecular formula is C20H21N3O4. The number of anilines is 1. The maximum Gasteiger partial charge on any atom is 0.319 e. The van der Waals surface area contributed by atoms with Gasteiger partial charge < -0.3 is 25.4 Å². The molecule has 27 heavy (non-hydrogen) atoms. The molecule has 0 spiro atoms. The fourth-order valence-electron chi connectivity index (χ4n) is 3.01. The van der Waals surface area contributed by atoms with E-state index in [0.29, 0.717) is 34.0 Å². The number of hydrogen-bond acceptors (Lipinski definition) is 4. The lowest BCUT2D eigenvalue weighted by molar-refractivity contribution is -0.113. The smallest absolute Gasteiger partial charge is 0.319 e. The standard InChI is InChI=1S/C20H21N3O4/c1-12-17(19(24)22-13-8-10-14(26-2)11-9-13)18(23-20(25)21-12)15-6-4-5-7-16(15)27-3/h4-11,18H,1-3H3,(H,22,24)(H2,21,23,25)/t18-/m1/s1. The molecular weight excluding hydrogens is 346 g/mol. The molecule has 0 saturated heterocycles. The Morgan fingerprint density at radius 2 is 1.74 bits per heavy atom. The van der Waals surface area contributed by atoms with Crippen LogP contribution in [0.2, 0.25) is 0 Å². The van der Waals surface area contributed by atoms with E-state index in [1.165, 1.54) is 0 Å². The predicted molar refractivity (Wildman–Crippen MR) is 102 cm³/mol. The third-order valence-electron chi connectivity index (χ3n) is 4.31. The Hall–Kier alpha value is -3.48. The summed E-state index contributed by atoms with van der Waals surface area (Å²) in [5, 5.41) is 8.32. The van der Waals surface area contributed by atoms with E-state index in [4.69, 9.17) is 9.47 Å². The van der Waals surface area contributed by atoms with E-state index >= 15 is 0 Å². The lowest BCUT2D eigenvalue weighted by Gasteiger charge is -2.29. The molecule has 140 valence electrons. The molecule has 0 unspecified atom stereocenters. The number of carbonyl (C=O) groups is 2. The van der Waals surface area contributed by atoms with E-state index in [9.17, 15) is 9.59 Å². The fraction of sp³-hybridized carbons (Fsp3) is 0.200. The molecule has 0 fully saturated rings. The quantitative estimate of drug-likeness (QED) is 0.758. The van der Waals surface area contributed by atoms with Crippen LogP contribution in [0.5, 0.6) is 11.5 Å². The molecule has 3 rings (SSSR count). The molecule has 2 aromatic rings. The number of urea groups is 1. The number of benzene rings is 2. The highest BCUT2D eigenvalue weighted by molar-refractivity contribution is 6.06. The first-order valence-electron chi connectivity index (χ1n) is 8.40. The zero-order valence-electron chi connectivity index (χ0n) is 15.3. The van der Waals surface area contributed by atoms with Crippen molar-refractivity contribution in [1.29, 1.82) is 0 Å². The number of para-hydroxylation sites is 1. The average Bonchev–Trinajstić information content (AvgIpc) is 2.67. The van der Waals surface area contributed by atoms with Crippen LogP contribution in [-0.4, -0.2) is 26.2 Å². The number of carbonyl (C=O) groups excluding carboxylic acids is 2. The molecule has 0 radical (unpaired) electrons. The number of hydrogen-bond donors (Lipinski definition) is 3. The molecule has 1 aliphatic rings. The van der Waals surface area contributed by atoms with Gasteiger partial charge in [0, 0.05) is 16.9 Å². The van der Waals surface area contributed by atoms with Gasteiger partial charge in [-0.15, -0.1) is 0 Å². The van der Waals surface area contributed by atoms with Crippen LogP contribution < -0.4 is 25.4 Å². The maximum absolute atomic E-state index is 13.0. The molecule has 0 aromatic heterocycles. The van der Waals surface area contributed by atoms with Gasteiger partial charge in [0.15, 0.2) is 0 Å². The number of allylic oxidation sites excluding steroid dienone is 1. The van der Waals surface area contributed by atoms with Crippen LogP contribution in [0.3, 0.4) is 0 Å². The van der Waals surface area contributed by atoms with Crippen molar-refractivity contribution in [2.75, 3.05) is 19.5 Å². The van der Waals surface area contributed by atoms with Crippen molar-refractivity contribution in [3.8, 4) is 11.5 Å². The van der Waals surface area contributed by atoms with Gasteiger partial charge in [-0.1, -0.05) is 18.2 Å². The van der Waals surface area contributed by atoms with Crippen LogP contribution in [0.4, 0.5) is 10.5 Å². The van der Waals surface area contributed by atoms with Crippen LogP contribution in [0, 0.1) is 0 Å². The molecule has 7 nitrogen and oxygen atoms in total. The molecule has 7 heteroatoms. The normalized spacial score (nSPS) is 16.3. The van der Waals surface area contributed by atoms with E-state index in [0.717, 1.165) is 0 Å². The Kier molecular flexibility index (Phi) is 5.30. The van der Waals surface area contributed by atoms with Gasteiger partial charge in [-0.2, -0.15) is 0 Å². The zero-order valence-corrected chi connectivity index (χ0v) is 15.3. The molecule has 1 aliphatic heterocycles. The molecule has 3 N–H and O–H groups in total. The number of ether oxygens (including phenoxy) is 2. The summed E-state index contributed by atoms with van der Waals surface area (Å²) in [4.78, 5) is 25.0. The second kappa shape index (κ2) is 7.82. The first-order chi connectivity index (χ1) is 13.0. The van der Waals surface area contributed by atoms with Crippen molar-refractivity contribution in [3.05, 3.63) is 65.4 Å². The van der Waals surface area contributed by atoms with E-state index in [2.05, 4.69) is 16.0 Å². The summed E-state index contributed by atoms with van der Waals surface area (Å²) < 4.78 is 10.5. The van der Waals surface area contributed by atoms with Gasteiger partial charge in [0.1, 0.15) is 11.5 Å². The highest BCUT2D eigenvalue weighted by Gasteiger charge is 2.32.